The predicted octanol–water partition coefficient (Wildman–Crippen LogP) is 1.66. The van der Waals surface area contributed by atoms with Crippen LogP contribution in [0.15, 0.2) is 30.6 Å². The zero-order valence-corrected chi connectivity index (χ0v) is 11.8. The number of hydrogen-bond acceptors (Lipinski definition) is 3. The second kappa shape index (κ2) is 5.00. The molecule has 0 fully saturated rings. The summed E-state index contributed by atoms with van der Waals surface area (Å²) in [5.41, 5.74) is 4.13. The molecule has 1 aliphatic heterocycles. The molecule has 1 aliphatic rings. The SMILES string of the molecule is CN(Cc1cnn(C)c1)C(=O)c1ccc2c(c1)NCC2. The maximum atomic E-state index is 12.4. The lowest BCUT2D eigenvalue weighted by Crippen LogP contribution is -2.26. The maximum Gasteiger partial charge on any atom is 0.253 e. The van der Waals surface area contributed by atoms with E-state index in [4.69, 9.17) is 0 Å². The van der Waals surface area contributed by atoms with Crippen LogP contribution in [0.25, 0.3) is 0 Å². The van der Waals surface area contributed by atoms with Crippen molar-refractivity contribution in [2.75, 3.05) is 18.9 Å². The van der Waals surface area contributed by atoms with E-state index in [-0.39, 0.29) is 5.91 Å². The molecule has 104 valence electrons. The van der Waals surface area contributed by atoms with Crippen molar-refractivity contribution in [1.82, 2.24) is 14.7 Å². The second-order valence-electron chi connectivity index (χ2n) is 5.23. The van der Waals surface area contributed by atoms with Crippen molar-refractivity contribution >= 4 is 11.6 Å². The predicted molar refractivity (Wildman–Crippen MR) is 77.6 cm³/mol. The molecule has 2 aromatic rings. The van der Waals surface area contributed by atoms with Crippen LogP contribution in [0.2, 0.25) is 0 Å². The average molecular weight is 270 g/mol. The minimum atomic E-state index is 0.0327. The van der Waals surface area contributed by atoms with Crippen LogP contribution in [0.3, 0.4) is 0 Å². The third-order valence-corrected chi connectivity index (χ3v) is 3.59. The van der Waals surface area contributed by atoms with Gasteiger partial charge in [-0.05, 0) is 24.1 Å². The van der Waals surface area contributed by atoms with Crippen molar-refractivity contribution in [3.8, 4) is 0 Å². The number of carbonyl (C=O) groups is 1. The molecule has 0 unspecified atom stereocenters. The van der Waals surface area contributed by atoms with Gasteiger partial charge in [0, 0.05) is 50.2 Å². The highest BCUT2D eigenvalue weighted by Crippen LogP contribution is 2.23. The number of nitrogens with zero attached hydrogens (tertiary/aromatic N) is 3. The summed E-state index contributed by atoms with van der Waals surface area (Å²) in [5.74, 6) is 0.0327. The Hall–Kier alpha value is -2.30. The van der Waals surface area contributed by atoms with Crippen molar-refractivity contribution in [3.63, 3.8) is 0 Å². The Balaban J connectivity index is 1.74. The largest absolute Gasteiger partial charge is 0.384 e. The normalized spacial score (nSPS) is 12.9. The van der Waals surface area contributed by atoms with Crippen molar-refractivity contribution in [2.24, 2.45) is 7.05 Å². The van der Waals surface area contributed by atoms with Gasteiger partial charge >= 0.3 is 0 Å². The first-order chi connectivity index (χ1) is 9.63. The smallest absolute Gasteiger partial charge is 0.253 e. The highest BCUT2D eigenvalue weighted by Gasteiger charge is 2.16. The molecule has 1 amide bonds. The van der Waals surface area contributed by atoms with Crippen molar-refractivity contribution in [3.05, 3.63) is 47.3 Å². The molecule has 0 saturated heterocycles. The third kappa shape index (κ3) is 2.39. The van der Waals surface area contributed by atoms with Crippen LogP contribution in [0.1, 0.15) is 21.5 Å². The fourth-order valence-corrected chi connectivity index (χ4v) is 2.54. The minimum absolute atomic E-state index is 0.0327. The molecule has 0 aliphatic carbocycles. The summed E-state index contributed by atoms with van der Waals surface area (Å²) < 4.78 is 1.74. The van der Waals surface area contributed by atoms with E-state index < -0.39 is 0 Å². The van der Waals surface area contributed by atoms with E-state index in [0.29, 0.717) is 6.54 Å². The molecule has 1 N–H and O–H groups in total. The third-order valence-electron chi connectivity index (χ3n) is 3.59. The van der Waals surface area contributed by atoms with E-state index in [2.05, 4.69) is 10.4 Å². The van der Waals surface area contributed by atoms with Gasteiger partial charge in [0.05, 0.1) is 6.20 Å². The Morgan fingerprint density at radius 3 is 3.10 bits per heavy atom. The summed E-state index contributed by atoms with van der Waals surface area (Å²) in [6.07, 6.45) is 4.75. The van der Waals surface area contributed by atoms with E-state index in [1.807, 2.05) is 38.5 Å². The maximum absolute atomic E-state index is 12.4. The molecule has 0 bridgehead atoms. The van der Waals surface area contributed by atoms with Crippen LogP contribution in [-0.2, 0) is 20.0 Å². The van der Waals surface area contributed by atoms with Crippen molar-refractivity contribution in [1.29, 1.82) is 0 Å². The molecule has 0 saturated carbocycles. The summed E-state index contributed by atoms with van der Waals surface area (Å²) in [5, 5.41) is 7.42. The van der Waals surface area contributed by atoms with Crippen LogP contribution < -0.4 is 5.32 Å². The second-order valence-corrected chi connectivity index (χ2v) is 5.23. The summed E-state index contributed by atoms with van der Waals surface area (Å²) >= 11 is 0. The zero-order chi connectivity index (χ0) is 14.1. The van der Waals surface area contributed by atoms with Gasteiger partial charge in [-0.25, -0.2) is 0 Å². The first kappa shape index (κ1) is 12.7. The number of nitrogens with one attached hydrogen (secondary N) is 1. The van der Waals surface area contributed by atoms with E-state index >= 15 is 0 Å². The fourth-order valence-electron chi connectivity index (χ4n) is 2.54. The molecular weight excluding hydrogens is 252 g/mol. The number of anilines is 1. The van der Waals surface area contributed by atoms with E-state index in [9.17, 15) is 4.79 Å². The summed E-state index contributed by atoms with van der Waals surface area (Å²) in [4.78, 5) is 14.1. The number of carbonyl (C=O) groups excluding carboxylic acids is 1. The van der Waals surface area contributed by atoms with Gasteiger partial charge in [-0.3, -0.25) is 9.48 Å². The van der Waals surface area contributed by atoms with E-state index in [0.717, 1.165) is 29.8 Å². The monoisotopic (exact) mass is 270 g/mol. The Bertz CT molecular complexity index is 647. The molecular formula is C15H18N4O. The van der Waals surface area contributed by atoms with Crippen molar-refractivity contribution in [2.45, 2.75) is 13.0 Å². The first-order valence-corrected chi connectivity index (χ1v) is 6.73. The van der Waals surface area contributed by atoms with Gasteiger partial charge in [-0.15, -0.1) is 0 Å². The number of aryl methyl sites for hydroxylation is 1. The van der Waals surface area contributed by atoms with E-state index in [1.165, 1.54) is 5.56 Å². The molecule has 3 rings (SSSR count). The molecule has 20 heavy (non-hydrogen) atoms. The average Bonchev–Trinajstić information content (AvgIpc) is 3.05. The van der Waals surface area contributed by atoms with E-state index in [1.54, 1.807) is 15.8 Å². The van der Waals surface area contributed by atoms with Gasteiger partial charge in [0.1, 0.15) is 0 Å². The first-order valence-electron chi connectivity index (χ1n) is 6.73. The summed E-state index contributed by atoms with van der Waals surface area (Å²) in [6, 6.07) is 5.90. The number of amides is 1. The molecule has 0 radical (unpaired) electrons. The van der Waals surface area contributed by atoms with Gasteiger partial charge in [-0.1, -0.05) is 6.07 Å². The van der Waals surface area contributed by atoms with Gasteiger partial charge in [0.25, 0.3) is 5.91 Å². The Morgan fingerprint density at radius 2 is 2.35 bits per heavy atom. The van der Waals surface area contributed by atoms with Crippen LogP contribution in [0, 0.1) is 0 Å². The highest BCUT2D eigenvalue weighted by atomic mass is 16.2. The van der Waals surface area contributed by atoms with Gasteiger partial charge < -0.3 is 10.2 Å². The molecule has 0 spiro atoms. The van der Waals surface area contributed by atoms with Crippen molar-refractivity contribution < 1.29 is 4.79 Å². The number of aromatic nitrogens is 2. The Morgan fingerprint density at radius 1 is 1.50 bits per heavy atom. The zero-order valence-electron chi connectivity index (χ0n) is 11.8. The van der Waals surface area contributed by atoms with Gasteiger partial charge in [0.2, 0.25) is 0 Å². The molecule has 1 aromatic heterocycles. The topological polar surface area (TPSA) is 50.2 Å². The van der Waals surface area contributed by atoms with Crippen LogP contribution in [0.4, 0.5) is 5.69 Å². The van der Waals surface area contributed by atoms with Crippen LogP contribution >= 0.6 is 0 Å². The summed E-state index contributed by atoms with van der Waals surface area (Å²) in [6.45, 7) is 1.52. The molecule has 2 heterocycles. The number of fused-ring (bicyclic) bond motifs is 1. The Kier molecular flexibility index (Phi) is 3.18. The lowest BCUT2D eigenvalue weighted by atomic mass is 10.1. The number of hydrogen-bond donors (Lipinski definition) is 1. The minimum Gasteiger partial charge on any atom is -0.384 e. The molecule has 5 nitrogen and oxygen atoms in total. The fraction of sp³-hybridized carbons (Fsp3) is 0.333. The highest BCUT2D eigenvalue weighted by molar-refractivity contribution is 5.95. The molecule has 0 atom stereocenters. The lowest BCUT2D eigenvalue weighted by molar-refractivity contribution is 0.0785. The van der Waals surface area contributed by atoms with Gasteiger partial charge in [-0.2, -0.15) is 5.10 Å². The number of benzene rings is 1. The summed E-state index contributed by atoms with van der Waals surface area (Å²) in [7, 11) is 3.69. The lowest BCUT2D eigenvalue weighted by Gasteiger charge is -2.16. The number of rotatable bonds is 3. The Labute approximate surface area is 118 Å². The van der Waals surface area contributed by atoms with Gasteiger partial charge in [0.15, 0.2) is 0 Å². The van der Waals surface area contributed by atoms with Crippen LogP contribution in [0.5, 0.6) is 0 Å². The quantitative estimate of drug-likeness (QED) is 0.923. The van der Waals surface area contributed by atoms with Crippen LogP contribution in [-0.4, -0.2) is 34.2 Å². The standard InChI is InChI=1S/C15H18N4O/c1-18(9-11-8-17-19(2)10-11)15(20)13-4-3-12-5-6-16-14(12)7-13/h3-4,7-8,10,16H,5-6,9H2,1-2H3. The molecule has 1 aromatic carbocycles. The molecule has 5 heteroatoms.